The molecule has 2 heterocycles. The van der Waals surface area contributed by atoms with Crippen LogP contribution in [-0.4, -0.2) is 24.0 Å². The average Bonchev–Trinajstić information content (AvgIpc) is 2.90. The molecule has 1 aromatic carbocycles. The van der Waals surface area contributed by atoms with Gasteiger partial charge in [-0.1, -0.05) is 35.1 Å². The van der Waals surface area contributed by atoms with Crippen LogP contribution in [0, 0.1) is 12.8 Å². The smallest absolute Gasteiger partial charge is 0.229 e. The molecule has 0 saturated carbocycles. The van der Waals surface area contributed by atoms with E-state index in [1.807, 2.05) is 31.2 Å². The number of thiazole rings is 1. The molecule has 0 bridgehead atoms. The van der Waals surface area contributed by atoms with Gasteiger partial charge in [0.2, 0.25) is 5.91 Å². The summed E-state index contributed by atoms with van der Waals surface area (Å²) in [5.41, 5.74) is 1.87. The molecule has 1 unspecified atom stereocenters. The lowest BCUT2D eigenvalue weighted by molar-refractivity contribution is -0.120. The Morgan fingerprint density at radius 2 is 2.18 bits per heavy atom. The molecule has 0 spiro atoms. The van der Waals surface area contributed by atoms with E-state index in [-0.39, 0.29) is 11.8 Å². The van der Waals surface area contributed by atoms with Gasteiger partial charge in [-0.2, -0.15) is 0 Å². The highest BCUT2D eigenvalue weighted by Crippen LogP contribution is 2.32. The van der Waals surface area contributed by atoms with Gasteiger partial charge in [-0.15, -0.1) is 0 Å². The van der Waals surface area contributed by atoms with Crippen molar-refractivity contribution >= 4 is 33.8 Å². The molecule has 1 aliphatic heterocycles. The predicted octanol–water partition coefficient (Wildman–Crippen LogP) is 3.71. The zero-order valence-electron chi connectivity index (χ0n) is 12.4. The first-order valence-corrected chi connectivity index (χ1v) is 8.58. The summed E-state index contributed by atoms with van der Waals surface area (Å²) in [5, 5.41) is 8.73. The second-order valence-corrected chi connectivity index (χ2v) is 6.91. The molecule has 1 amide bonds. The number of nitrogens with one attached hydrogen (secondary N) is 2. The molecule has 6 heteroatoms. The highest BCUT2D eigenvalue weighted by Gasteiger charge is 2.22. The molecular weight excluding hydrogens is 318 g/mol. The third-order valence-electron chi connectivity index (χ3n) is 3.79. The predicted molar refractivity (Wildman–Crippen MR) is 91.5 cm³/mol. The molecule has 1 aromatic heterocycles. The Labute approximate surface area is 138 Å². The first-order valence-electron chi connectivity index (χ1n) is 7.38. The lowest BCUT2D eigenvalue weighted by atomic mass is 9.99. The summed E-state index contributed by atoms with van der Waals surface area (Å²) in [5.74, 6) is 0.135. The maximum Gasteiger partial charge on any atom is 0.229 e. The number of hydrogen-bond donors (Lipinski definition) is 2. The Hall–Kier alpha value is -1.43. The van der Waals surface area contributed by atoms with E-state index in [0.717, 1.165) is 47.2 Å². The Kier molecular flexibility index (Phi) is 4.76. The fourth-order valence-corrected chi connectivity index (χ4v) is 3.62. The number of carbonyl (C=O) groups is 1. The van der Waals surface area contributed by atoms with E-state index in [0.29, 0.717) is 5.02 Å². The van der Waals surface area contributed by atoms with Gasteiger partial charge in [-0.3, -0.25) is 4.79 Å². The fourth-order valence-electron chi connectivity index (χ4n) is 2.52. The van der Waals surface area contributed by atoms with Crippen molar-refractivity contribution in [2.45, 2.75) is 19.8 Å². The van der Waals surface area contributed by atoms with Gasteiger partial charge < -0.3 is 10.6 Å². The van der Waals surface area contributed by atoms with Crippen molar-refractivity contribution in [3.8, 4) is 10.6 Å². The number of halogens is 1. The molecule has 1 atom stereocenters. The number of rotatable bonds is 3. The number of piperidine rings is 1. The lowest BCUT2D eigenvalue weighted by Crippen LogP contribution is -2.37. The number of amides is 1. The number of anilines is 1. The second kappa shape index (κ2) is 6.77. The molecule has 1 fully saturated rings. The maximum absolute atomic E-state index is 12.3. The summed E-state index contributed by atoms with van der Waals surface area (Å²) < 4.78 is 0. The van der Waals surface area contributed by atoms with Crippen molar-refractivity contribution in [2.24, 2.45) is 5.92 Å². The largest absolute Gasteiger partial charge is 0.316 e. The second-order valence-electron chi connectivity index (χ2n) is 5.47. The van der Waals surface area contributed by atoms with Crippen LogP contribution in [0.5, 0.6) is 0 Å². The topological polar surface area (TPSA) is 54.0 Å². The van der Waals surface area contributed by atoms with Gasteiger partial charge in [-0.25, -0.2) is 4.98 Å². The van der Waals surface area contributed by atoms with E-state index >= 15 is 0 Å². The minimum absolute atomic E-state index is 0.0502. The molecule has 116 valence electrons. The fraction of sp³-hybridized carbons (Fsp3) is 0.375. The molecule has 4 nitrogen and oxygen atoms in total. The maximum atomic E-state index is 12.3. The number of benzene rings is 1. The van der Waals surface area contributed by atoms with Crippen LogP contribution < -0.4 is 10.6 Å². The SMILES string of the molecule is Cc1nc(-c2ccc(Cl)cc2)sc1NC(=O)C1CCCNC1. The van der Waals surface area contributed by atoms with Crippen LogP contribution in [-0.2, 0) is 4.79 Å². The number of aromatic nitrogens is 1. The zero-order chi connectivity index (χ0) is 15.5. The van der Waals surface area contributed by atoms with E-state index in [4.69, 9.17) is 11.6 Å². The molecule has 1 aliphatic rings. The molecule has 1 saturated heterocycles. The monoisotopic (exact) mass is 335 g/mol. The Morgan fingerprint density at radius 3 is 2.86 bits per heavy atom. The van der Waals surface area contributed by atoms with Crippen molar-refractivity contribution in [2.75, 3.05) is 18.4 Å². The van der Waals surface area contributed by atoms with Crippen LogP contribution in [0.15, 0.2) is 24.3 Å². The summed E-state index contributed by atoms with van der Waals surface area (Å²) in [4.78, 5) is 16.9. The van der Waals surface area contributed by atoms with Gasteiger partial charge in [-0.05, 0) is 38.4 Å². The lowest BCUT2D eigenvalue weighted by Gasteiger charge is -2.21. The number of hydrogen-bond acceptors (Lipinski definition) is 4. The Balaban J connectivity index is 1.74. The first-order chi connectivity index (χ1) is 10.6. The third-order valence-corrected chi connectivity index (χ3v) is 5.17. The van der Waals surface area contributed by atoms with Crippen LogP contribution in [0.25, 0.3) is 10.6 Å². The van der Waals surface area contributed by atoms with Crippen LogP contribution in [0.2, 0.25) is 5.02 Å². The van der Waals surface area contributed by atoms with Crippen LogP contribution in [0.4, 0.5) is 5.00 Å². The average molecular weight is 336 g/mol. The van der Waals surface area contributed by atoms with Gasteiger partial charge in [0.15, 0.2) is 0 Å². The van der Waals surface area contributed by atoms with Crippen molar-refractivity contribution in [3.05, 3.63) is 35.0 Å². The summed E-state index contributed by atoms with van der Waals surface area (Å²) in [6.07, 6.45) is 2.00. The Bertz CT molecular complexity index is 663. The standard InChI is InChI=1S/C16H18ClN3OS/c1-10-15(20-14(21)12-3-2-8-18-9-12)22-16(19-10)11-4-6-13(17)7-5-11/h4-7,12,18H,2-3,8-9H2,1H3,(H,20,21). The number of aryl methyl sites for hydroxylation is 1. The van der Waals surface area contributed by atoms with Crippen LogP contribution in [0.1, 0.15) is 18.5 Å². The third kappa shape index (κ3) is 3.48. The van der Waals surface area contributed by atoms with Gasteiger partial charge in [0, 0.05) is 17.1 Å². The van der Waals surface area contributed by atoms with Crippen LogP contribution in [0.3, 0.4) is 0 Å². The number of nitrogens with zero attached hydrogens (tertiary/aromatic N) is 1. The molecule has 0 radical (unpaired) electrons. The molecule has 2 N–H and O–H groups in total. The highest BCUT2D eigenvalue weighted by molar-refractivity contribution is 7.19. The summed E-state index contributed by atoms with van der Waals surface area (Å²) in [7, 11) is 0. The van der Waals surface area contributed by atoms with Gasteiger partial charge in [0.25, 0.3) is 0 Å². The van der Waals surface area contributed by atoms with E-state index in [1.54, 1.807) is 0 Å². The highest BCUT2D eigenvalue weighted by atomic mass is 35.5. The van der Waals surface area contributed by atoms with E-state index < -0.39 is 0 Å². The van der Waals surface area contributed by atoms with Gasteiger partial charge >= 0.3 is 0 Å². The van der Waals surface area contributed by atoms with Crippen LogP contribution >= 0.6 is 22.9 Å². The van der Waals surface area contributed by atoms with Crippen molar-refractivity contribution in [1.82, 2.24) is 10.3 Å². The Morgan fingerprint density at radius 1 is 1.41 bits per heavy atom. The molecular formula is C16H18ClN3OS. The van der Waals surface area contributed by atoms with E-state index in [2.05, 4.69) is 15.6 Å². The molecule has 0 aliphatic carbocycles. The van der Waals surface area contributed by atoms with Crippen molar-refractivity contribution < 1.29 is 4.79 Å². The zero-order valence-corrected chi connectivity index (χ0v) is 13.9. The van der Waals surface area contributed by atoms with Crippen molar-refractivity contribution in [1.29, 1.82) is 0 Å². The van der Waals surface area contributed by atoms with Gasteiger partial charge in [0.05, 0.1) is 11.6 Å². The van der Waals surface area contributed by atoms with E-state index in [1.165, 1.54) is 11.3 Å². The first kappa shape index (κ1) is 15.5. The summed E-state index contributed by atoms with van der Waals surface area (Å²) in [6.45, 7) is 3.68. The van der Waals surface area contributed by atoms with E-state index in [9.17, 15) is 4.79 Å². The minimum atomic E-state index is 0.0502. The summed E-state index contributed by atoms with van der Waals surface area (Å²) >= 11 is 7.41. The number of carbonyl (C=O) groups excluding carboxylic acids is 1. The quantitative estimate of drug-likeness (QED) is 0.899. The normalized spacial score (nSPS) is 18.2. The molecule has 2 aromatic rings. The summed E-state index contributed by atoms with van der Waals surface area (Å²) in [6, 6.07) is 7.58. The minimum Gasteiger partial charge on any atom is -0.316 e. The van der Waals surface area contributed by atoms with Crippen molar-refractivity contribution in [3.63, 3.8) is 0 Å². The molecule has 3 rings (SSSR count). The molecule has 22 heavy (non-hydrogen) atoms. The van der Waals surface area contributed by atoms with Gasteiger partial charge in [0.1, 0.15) is 10.0 Å².